The molecule has 1 fully saturated rings. The van der Waals surface area contributed by atoms with Gasteiger partial charge in [-0.3, -0.25) is 5.10 Å². The first-order valence-electron chi connectivity index (χ1n) is 7.44. The summed E-state index contributed by atoms with van der Waals surface area (Å²) >= 11 is 5.88. The number of benzene rings is 1. The van der Waals surface area contributed by atoms with Crippen LogP contribution in [0.3, 0.4) is 0 Å². The summed E-state index contributed by atoms with van der Waals surface area (Å²) in [5.41, 5.74) is 7.96. The normalized spacial score (nSPS) is 16.3. The Hall–Kier alpha value is -1.55. The number of nitrogens with one attached hydrogen (secondary N) is 1. The van der Waals surface area contributed by atoms with Crippen LogP contribution in [-0.2, 0) is 6.42 Å². The highest BCUT2D eigenvalue weighted by molar-refractivity contribution is 6.31. The van der Waals surface area contributed by atoms with E-state index in [4.69, 9.17) is 17.3 Å². The van der Waals surface area contributed by atoms with Crippen molar-refractivity contribution in [3.8, 4) is 11.1 Å². The highest BCUT2D eigenvalue weighted by atomic mass is 35.5. The number of nitrogen functional groups attached to an aromatic ring is 1. The summed E-state index contributed by atoms with van der Waals surface area (Å²) in [4.78, 5) is 0. The molecule has 2 aromatic rings. The number of nitrogens with two attached hydrogens (primary N) is 1. The molecule has 21 heavy (non-hydrogen) atoms. The van der Waals surface area contributed by atoms with Crippen LogP contribution in [-0.4, -0.2) is 10.2 Å². The molecule has 1 aliphatic rings. The van der Waals surface area contributed by atoms with Crippen LogP contribution in [0.1, 0.15) is 37.8 Å². The van der Waals surface area contributed by atoms with Crippen LogP contribution in [0.5, 0.6) is 0 Å². The van der Waals surface area contributed by atoms with Crippen molar-refractivity contribution < 1.29 is 4.39 Å². The minimum absolute atomic E-state index is 0.108. The van der Waals surface area contributed by atoms with E-state index in [0.29, 0.717) is 22.9 Å². The van der Waals surface area contributed by atoms with E-state index in [1.165, 1.54) is 38.2 Å². The summed E-state index contributed by atoms with van der Waals surface area (Å²) in [5, 5.41) is 7.16. The lowest BCUT2D eigenvalue weighted by atomic mass is 9.85. The third-order valence-electron chi connectivity index (χ3n) is 4.31. The van der Waals surface area contributed by atoms with Crippen molar-refractivity contribution in [2.75, 3.05) is 5.73 Å². The van der Waals surface area contributed by atoms with Crippen molar-refractivity contribution >= 4 is 17.4 Å². The number of anilines is 1. The van der Waals surface area contributed by atoms with Gasteiger partial charge in [-0.2, -0.15) is 5.10 Å². The van der Waals surface area contributed by atoms with Gasteiger partial charge in [0.15, 0.2) is 5.82 Å². The lowest BCUT2D eigenvalue weighted by molar-refractivity contribution is 0.354. The number of rotatable bonds is 3. The predicted octanol–water partition coefficient (Wildman–Crippen LogP) is 4.57. The molecule has 1 heterocycles. The van der Waals surface area contributed by atoms with Gasteiger partial charge in [-0.25, -0.2) is 4.39 Å². The Morgan fingerprint density at radius 1 is 1.29 bits per heavy atom. The van der Waals surface area contributed by atoms with Crippen LogP contribution in [0.15, 0.2) is 18.2 Å². The van der Waals surface area contributed by atoms with Crippen LogP contribution >= 0.6 is 11.6 Å². The Labute approximate surface area is 128 Å². The van der Waals surface area contributed by atoms with E-state index in [0.717, 1.165) is 12.1 Å². The molecule has 112 valence electrons. The highest BCUT2D eigenvalue weighted by Crippen LogP contribution is 2.35. The molecule has 3 rings (SSSR count). The average Bonchev–Trinajstić information content (AvgIpc) is 2.84. The number of hydrogen-bond acceptors (Lipinski definition) is 2. The van der Waals surface area contributed by atoms with Crippen LogP contribution in [0.25, 0.3) is 11.1 Å². The minimum Gasteiger partial charge on any atom is -0.382 e. The van der Waals surface area contributed by atoms with Crippen molar-refractivity contribution in [3.05, 3.63) is 34.7 Å². The zero-order chi connectivity index (χ0) is 14.8. The SMILES string of the molecule is Nc1n[nH]c(CC2CCCCC2)c1-c1cccc(Cl)c1F. The van der Waals surface area contributed by atoms with Gasteiger partial charge in [0, 0.05) is 16.8 Å². The molecule has 0 atom stereocenters. The van der Waals surface area contributed by atoms with Crippen molar-refractivity contribution in [1.82, 2.24) is 10.2 Å². The molecule has 1 saturated carbocycles. The van der Waals surface area contributed by atoms with E-state index in [2.05, 4.69) is 10.2 Å². The first kappa shape index (κ1) is 14.4. The van der Waals surface area contributed by atoms with Crippen LogP contribution < -0.4 is 5.73 Å². The van der Waals surface area contributed by atoms with E-state index < -0.39 is 5.82 Å². The van der Waals surface area contributed by atoms with E-state index >= 15 is 0 Å². The highest BCUT2D eigenvalue weighted by Gasteiger charge is 2.21. The van der Waals surface area contributed by atoms with E-state index in [1.54, 1.807) is 12.1 Å². The Balaban J connectivity index is 1.95. The number of aromatic amines is 1. The van der Waals surface area contributed by atoms with Crippen LogP contribution in [0.4, 0.5) is 10.2 Å². The lowest BCUT2D eigenvalue weighted by Gasteiger charge is -2.21. The molecule has 1 aromatic carbocycles. The van der Waals surface area contributed by atoms with E-state index in [1.807, 2.05) is 0 Å². The average molecular weight is 308 g/mol. The first-order chi connectivity index (χ1) is 10.2. The molecule has 0 bridgehead atoms. The number of hydrogen-bond donors (Lipinski definition) is 2. The molecule has 0 spiro atoms. The summed E-state index contributed by atoms with van der Waals surface area (Å²) in [5.74, 6) is 0.527. The fourth-order valence-corrected chi connectivity index (χ4v) is 3.39. The van der Waals surface area contributed by atoms with Gasteiger partial charge in [0.2, 0.25) is 0 Å². The first-order valence-corrected chi connectivity index (χ1v) is 7.81. The topological polar surface area (TPSA) is 54.7 Å². The van der Waals surface area contributed by atoms with E-state index in [-0.39, 0.29) is 5.02 Å². The molecule has 0 unspecified atom stereocenters. The molecule has 0 radical (unpaired) electrons. The smallest absolute Gasteiger partial charge is 0.153 e. The lowest BCUT2D eigenvalue weighted by Crippen LogP contribution is -2.10. The van der Waals surface area contributed by atoms with Crippen molar-refractivity contribution in [2.24, 2.45) is 5.92 Å². The Morgan fingerprint density at radius 3 is 2.81 bits per heavy atom. The van der Waals surface area contributed by atoms with Gasteiger partial charge < -0.3 is 5.73 Å². The summed E-state index contributed by atoms with van der Waals surface area (Å²) < 4.78 is 14.3. The second-order valence-corrected chi connectivity index (χ2v) is 6.18. The maximum absolute atomic E-state index is 14.3. The van der Waals surface area contributed by atoms with Crippen LogP contribution in [0, 0.1) is 11.7 Å². The maximum atomic E-state index is 14.3. The third-order valence-corrected chi connectivity index (χ3v) is 4.60. The van der Waals surface area contributed by atoms with Crippen molar-refractivity contribution in [3.63, 3.8) is 0 Å². The zero-order valence-corrected chi connectivity index (χ0v) is 12.6. The number of nitrogens with zero attached hydrogens (tertiary/aromatic N) is 1. The largest absolute Gasteiger partial charge is 0.382 e. The number of halogens is 2. The van der Waals surface area contributed by atoms with Gasteiger partial charge in [-0.05, 0) is 18.4 Å². The molecule has 5 heteroatoms. The monoisotopic (exact) mass is 307 g/mol. The predicted molar refractivity (Wildman–Crippen MR) is 83.7 cm³/mol. The molecule has 0 aliphatic heterocycles. The van der Waals surface area contributed by atoms with Gasteiger partial charge in [-0.15, -0.1) is 0 Å². The zero-order valence-electron chi connectivity index (χ0n) is 11.8. The van der Waals surface area contributed by atoms with Gasteiger partial charge >= 0.3 is 0 Å². The molecular formula is C16H19ClFN3. The molecule has 1 aromatic heterocycles. The number of H-pyrrole nitrogens is 1. The maximum Gasteiger partial charge on any atom is 0.153 e. The quantitative estimate of drug-likeness (QED) is 0.872. The summed E-state index contributed by atoms with van der Waals surface area (Å²) in [7, 11) is 0. The molecule has 0 amide bonds. The molecule has 1 aliphatic carbocycles. The summed E-state index contributed by atoms with van der Waals surface area (Å²) in [6.07, 6.45) is 7.17. The standard InChI is InChI=1S/C16H19ClFN3/c17-12-8-4-7-11(15(12)18)14-13(20-21-16(14)19)9-10-5-2-1-3-6-10/h4,7-8,10H,1-3,5-6,9H2,(H3,19,20,21). The van der Waals surface area contributed by atoms with Gasteiger partial charge in [0.05, 0.1) is 5.02 Å². The Morgan fingerprint density at radius 2 is 2.05 bits per heavy atom. The summed E-state index contributed by atoms with van der Waals surface area (Å²) in [6, 6.07) is 4.97. The fraction of sp³-hybridized carbons (Fsp3) is 0.438. The van der Waals surface area contributed by atoms with Gasteiger partial charge in [0.1, 0.15) is 5.82 Å². The van der Waals surface area contributed by atoms with E-state index in [9.17, 15) is 4.39 Å². The Bertz CT molecular complexity index is 632. The van der Waals surface area contributed by atoms with Crippen molar-refractivity contribution in [1.29, 1.82) is 0 Å². The van der Waals surface area contributed by atoms with Crippen LogP contribution in [0.2, 0.25) is 5.02 Å². The summed E-state index contributed by atoms with van der Waals surface area (Å²) in [6.45, 7) is 0. The molecule has 3 N–H and O–H groups in total. The van der Waals surface area contributed by atoms with Crippen molar-refractivity contribution in [2.45, 2.75) is 38.5 Å². The number of aromatic nitrogens is 2. The second kappa shape index (κ2) is 6.06. The minimum atomic E-state index is -0.433. The third kappa shape index (κ3) is 2.91. The molecule has 3 nitrogen and oxygen atoms in total. The van der Waals surface area contributed by atoms with Gasteiger partial charge in [0.25, 0.3) is 0 Å². The molecular weight excluding hydrogens is 289 g/mol. The Kier molecular flexibility index (Phi) is 4.15. The molecule has 0 saturated heterocycles. The van der Waals surface area contributed by atoms with Gasteiger partial charge in [-0.1, -0.05) is 55.8 Å². The fourth-order valence-electron chi connectivity index (χ4n) is 3.22. The second-order valence-electron chi connectivity index (χ2n) is 5.77.